The zero-order chi connectivity index (χ0) is 45.8. The van der Waals surface area contributed by atoms with Gasteiger partial charge < -0.3 is 14.2 Å². The molecule has 0 aromatic heterocycles. The number of allylic oxidation sites excluding steroid dienone is 16. The molecule has 0 aromatic carbocycles. The van der Waals surface area contributed by atoms with Crippen LogP contribution in [-0.2, 0) is 28.6 Å². The van der Waals surface area contributed by atoms with Gasteiger partial charge in [0.2, 0.25) is 0 Å². The highest BCUT2D eigenvalue weighted by molar-refractivity contribution is 5.71. The van der Waals surface area contributed by atoms with Crippen LogP contribution >= 0.6 is 0 Å². The average molecular weight is 875 g/mol. The highest BCUT2D eigenvalue weighted by Gasteiger charge is 2.19. The van der Waals surface area contributed by atoms with Crippen LogP contribution in [0, 0.1) is 0 Å². The van der Waals surface area contributed by atoms with Gasteiger partial charge in [-0.2, -0.15) is 0 Å². The van der Waals surface area contributed by atoms with E-state index in [0.29, 0.717) is 19.3 Å². The molecule has 0 radical (unpaired) electrons. The maximum absolute atomic E-state index is 12.8. The molecule has 0 spiro atoms. The van der Waals surface area contributed by atoms with Gasteiger partial charge in [0.1, 0.15) is 13.2 Å². The van der Waals surface area contributed by atoms with Gasteiger partial charge in [0.05, 0.1) is 0 Å². The van der Waals surface area contributed by atoms with Crippen LogP contribution in [0.15, 0.2) is 97.2 Å². The van der Waals surface area contributed by atoms with Gasteiger partial charge in [0.15, 0.2) is 6.10 Å². The number of rotatable bonds is 45. The molecule has 0 amide bonds. The Morgan fingerprint density at radius 3 is 1.00 bits per heavy atom. The van der Waals surface area contributed by atoms with Crippen molar-refractivity contribution in [3.05, 3.63) is 97.2 Å². The lowest BCUT2D eigenvalue weighted by Crippen LogP contribution is -2.30. The van der Waals surface area contributed by atoms with Gasteiger partial charge in [-0.25, -0.2) is 0 Å². The lowest BCUT2D eigenvalue weighted by molar-refractivity contribution is -0.167. The minimum absolute atomic E-state index is 0.109. The van der Waals surface area contributed by atoms with Crippen LogP contribution in [0.1, 0.15) is 226 Å². The van der Waals surface area contributed by atoms with Gasteiger partial charge in [0.25, 0.3) is 0 Å². The molecular weight excluding hydrogens is 781 g/mol. The SMILES string of the molecule is CCCC/C=C/C/C=C/CCCCCCCC(=O)OCC(COC(=O)CCC/C=C/C/C=C/C/C=C/C/C=C/CCCCC)OC(=O)CCCCCCC/C=C/C/C=C/CCCC. The molecule has 6 nitrogen and oxygen atoms in total. The Morgan fingerprint density at radius 2 is 0.603 bits per heavy atom. The summed E-state index contributed by atoms with van der Waals surface area (Å²) in [6.07, 6.45) is 66.7. The minimum atomic E-state index is -0.813. The first-order chi connectivity index (χ1) is 31.0. The first-order valence-corrected chi connectivity index (χ1v) is 25.7. The van der Waals surface area contributed by atoms with Crippen molar-refractivity contribution in [2.24, 2.45) is 0 Å². The fourth-order valence-electron chi connectivity index (χ4n) is 6.58. The predicted molar refractivity (Wildman–Crippen MR) is 270 cm³/mol. The van der Waals surface area contributed by atoms with E-state index >= 15 is 0 Å². The molecule has 0 rings (SSSR count). The molecule has 1 atom stereocenters. The molecule has 358 valence electrons. The maximum atomic E-state index is 12.8. The number of unbranched alkanes of at least 4 members (excludes halogenated alkanes) is 18. The van der Waals surface area contributed by atoms with Crippen molar-refractivity contribution in [1.29, 1.82) is 0 Å². The van der Waals surface area contributed by atoms with Crippen molar-refractivity contribution in [3.8, 4) is 0 Å². The highest BCUT2D eigenvalue weighted by atomic mass is 16.6. The van der Waals surface area contributed by atoms with Crippen LogP contribution in [0.25, 0.3) is 0 Å². The summed E-state index contributed by atoms with van der Waals surface area (Å²) in [6, 6.07) is 0. The van der Waals surface area contributed by atoms with E-state index in [0.717, 1.165) is 116 Å². The summed E-state index contributed by atoms with van der Waals surface area (Å²) in [5.41, 5.74) is 0. The summed E-state index contributed by atoms with van der Waals surface area (Å²) in [5.74, 6) is -0.998. The lowest BCUT2D eigenvalue weighted by atomic mass is 10.1. The lowest BCUT2D eigenvalue weighted by Gasteiger charge is -2.18. The van der Waals surface area contributed by atoms with E-state index in [1.54, 1.807) is 0 Å². The maximum Gasteiger partial charge on any atom is 0.306 e. The second-order valence-corrected chi connectivity index (χ2v) is 16.7. The van der Waals surface area contributed by atoms with Crippen LogP contribution in [0.2, 0.25) is 0 Å². The smallest absolute Gasteiger partial charge is 0.306 e. The minimum Gasteiger partial charge on any atom is -0.462 e. The highest BCUT2D eigenvalue weighted by Crippen LogP contribution is 2.12. The van der Waals surface area contributed by atoms with E-state index in [4.69, 9.17) is 14.2 Å². The second-order valence-electron chi connectivity index (χ2n) is 16.7. The van der Waals surface area contributed by atoms with Crippen molar-refractivity contribution < 1.29 is 28.6 Å². The van der Waals surface area contributed by atoms with Crippen molar-refractivity contribution in [2.75, 3.05) is 13.2 Å². The normalized spacial score (nSPS) is 12.9. The molecule has 63 heavy (non-hydrogen) atoms. The van der Waals surface area contributed by atoms with E-state index in [1.807, 2.05) is 0 Å². The summed E-state index contributed by atoms with van der Waals surface area (Å²) in [7, 11) is 0. The third-order valence-electron chi connectivity index (χ3n) is 10.5. The van der Waals surface area contributed by atoms with Crippen LogP contribution in [-0.4, -0.2) is 37.2 Å². The van der Waals surface area contributed by atoms with Crippen LogP contribution in [0.3, 0.4) is 0 Å². The average Bonchev–Trinajstić information content (AvgIpc) is 3.28. The molecule has 6 heteroatoms. The molecule has 0 N–H and O–H groups in total. The van der Waals surface area contributed by atoms with Gasteiger partial charge in [-0.15, -0.1) is 0 Å². The monoisotopic (exact) mass is 875 g/mol. The van der Waals surface area contributed by atoms with Gasteiger partial charge in [-0.3, -0.25) is 14.4 Å². The molecule has 0 heterocycles. The third kappa shape index (κ3) is 49.2. The second kappa shape index (κ2) is 51.0. The number of ether oxygens (including phenoxy) is 3. The Labute approximate surface area is 387 Å². The molecule has 0 aliphatic carbocycles. The van der Waals surface area contributed by atoms with Crippen molar-refractivity contribution in [3.63, 3.8) is 0 Å². The van der Waals surface area contributed by atoms with E-state index in [1.165, 1.54) is 64.2 Å². The zero-order valence-corrected chi connectivity index (χ0v) is 40.8. The van der Waals surface area contributed by atoms with E-state index < -0.39 is 6.10 Å². The zero-order valence-electron chi connectivity index (χ0n) is 40.8. The summed E-state index contributed by atoms with van der Waals surface area (Å²) in [6.45, 7) is 6.44. The Morgan fingerprint density at radius 1 is 0.317 bits per heavy atom. The summed E-state index contributed by atoms with van der Waals surface area (Å²) in [5, 5.41) is 0. The van der Waals surface area contributed by atoms with Crippen molar-refractivity contribution >= 4 is 17.9 Å². The fraction of sp³-hybridized carbons (Fsp3) is 0.667. The quantitative estimate of drug-likeness (QED) is 0.0262. The van der Waals surface area contributed by atoms with Gasteiger partial charge >= 0.3 is 17.9 Å². The topological polar surface area (TPSA) is 78.9 Å². The Kier molecular flexibility index (Phi) is 48.0. The van der Waals surface area contributed by atoms with Gasteiger partial charge in [-0.05, 0) is 109 Å². The first kappa shape index (κ1) is 59.3. The third-order valence-corrected chi connectivity index (χ3v) is 10.5. The summed E-state index contributed by atoms with van der Waals surface area (Å²) in [4.78, 5) is 37.9. The molecule has 0 fully saturated rings. The number of hydrogen-bond donors (Lipinski definition) is 0. The van der Waals surface area contributed by atoms with Crippen LogP contribution in [0.4, 0.5) is 0 Å². The molecular formula is C57H94O6. The molecule has 0 aliphatic heterocycles. The largest absolute Gasteiger partial charge is 0.462 e. The number of carbonyl (C=O) groups is 3. The molecule has 1 unspecified atom stereocenters. The summed E-state index contributed by atoms with van der Waals surface area (Å²) >= 11 is 0. The Bertz CT molecular complexity index is 1280. The van der Waals surface area contributed by atoms with Crippen LogP contribution in [0.5, 0.6) is 0 Å². The van der Waals surface area contributed by atoms with E-state index in [9.17, 15) is 14.4 Å². The molecule has 0 saturated carbocycles. The Balaban J connectivity index is 4.53. The molecule has 0 aromatic rings. The number of carbonyl (C=O) groups excluding carboxylic acids is 3. The van der Waals surface area contributed by atoms with E-state index in [-0.39, 0.29) is 37.5 Å². The number of esters is 3. The predicted octanol–water partition coefficient (Wildman–Crippen LogP) is 17.0. The standard InChI is InChI=1S/C57H94O6/c1-4-7-10-13-16-19-22-25-28-29-30-33-35-38-41-44-47-50-56(59)62-53-54(63-57(60)51-48-45-42-39-36-32-27-24-21-18-15-12-9-6-3)52-61-55(58)49-46-43-40-37-34-31-26-23-20-17-14-11-8-5-2/h14-19,23-28,30,33,38,41,54H,4-13,20-22,29,31-32,34-37,39-40,42-53H2,1-3H3/b17-14+,18-15+,19-16+,26-23+,27-24+,28-25+,33-30+,41-38+. The van der Waals surface area contributed by atoms with Crippen molar-refractivity contribution in [1.82, 2.24) is 0 Å². The number of hydrogen-bond acceptors (Lipinski definition) is 6. The summed E-state index contributed by atoms with van der Waals surface area (Å²) < 4.78 is 16.7. The fourth-order valence-corrected chi connectivity index (χ4v) is 6.58. The Hall–Kier alpha value is -3.67. The van der Waals surface area contributed by atoms with Crippen LogP contribution < -0.4 is 0 Å². The van der Waals surface area contributed by atoms with Gasteiger partial charge in [-0.1, -0.05) is 195 Å². The first-order valence-electron chi connectivity index (χ1n) is 25.7. The molecule has 0 aliphatic rings. The van der Waals surface area contributed by atoms with Crippen molar-refractivity contribution in [2.45, 2.75) is 232 Å². The van der Waals surface area contributed by atoms with E-state index in [2.05, 4.69) is 118 Å². The molecule has 0 bridgehead atoms. The molecule has 0 saturated heterocycles. The van der Waals surface area contributed by atoms with Gasteiger partial charge in [0, 0.05) is 19.3 Å².